The number of nitrogens with one attached hydrogen (secondary N) is 1. The van der Waals surface area contributed by atoms with E-state index in [2.05, 4.69) is 10.1 Å². The molecule has 0 bridgehead atoms. The zero-order valence-corrected chi connectivity index (χ0v) is 15.7. The molecule has 8 heteroatoms. The van der Waals surface area contributed by atoms with Crippen LogP contribution in [-0.2, 0) is 16.0 Å². The monoisotopic (exact) mass is 397 g/mol. The summed E-state index contributed by atoms with van der Waals surface area (Å²) in [5.41, 5.74) is 1.48. The summed E-state index contributed by atoms with van der Waals surface area (Å²) in [6.45, 7) is 1.08. The first-order valence-electron chi connectivity index (χ1n) is 9.60. The van der Waals surface area contributed by atoms with Gasteiger partial charge in [-0.3, -0.25) is 9.59 Å². The number of carbonyl (C=O) groups is 2. The fourth-order valence-corrected chi connectivity index (χ4v) is 3.90. The molecule has 1 unspecified atom stereocenters. The molecule has 5 rings (SSSR count). The summed E-state index contributed by atoms with van der Waals surface area (Å²) in [7, 11) is 0. The minimum absolute atomic E-state index is 0.0665. The molecule has 1 atom stereocenters. The van der Waals surface area contributed by atoms with Gasteiger partial charge in [-0.15, -0.1) is 0 Å². The van der Waals surface area contributed by atoms with Gasteiger partial charge in [0.25, 0.3) is 5.75 Å². The van der Waals surface area contributed by atoms with Crippen LogP contribution in [0.15, 0.2) is 36.4 Å². The fraction of sp³-hybridized carbons (Fsp3) is 0.333. The molecule has 1 fully saturated rings. The number of aromatic hydroxyl groups is 1. The number of benzene rings is 2. The second-order valence-corrected chi connectivity index (χ2v) is 7.21. The number of ether oxygens (including phenoxy) is 4. The second-order valence-electron chi connectivity index (χ2n) is 7.21. The Labute approximate surface area is 167 Å². The highest BCUT2D eigenvalue weighted by Gasteiger charge is 2.34. The van der Waals surface area contributed by atoms with E-state index in [4.69, 9.17) is 14.2 Å². The van der Waals surface area contributed by atoms with E-state index in [9.17, 15) is 9.59 Å². The Bertz CT molecular complexity index is 898. The molecule has 8 nitrogen and oxygen atoms in total. The lowest BCUT2D eigenvalue weighted by atomic mass is 10.1. The highest BCUT2D eigenvalue weighted by atomic mass is 16.7. The summed E-state index contributed by atoms with van der Waals surface area (Å²) in [4.78, 5) is 27.4. The summed E-state index contributed by atoms with van der Waals surface area (Å²) in [5, 5.41) is 2.90. The Morgan fingerprint density at radius 3 is 2.90 bits per heavy atom. The normalized spacial score (nSPS) is 18.8. The number of hydrogen-bond acceptors (Lipinski definition) is 5. The molecule has 3 heterocycles. The van der Waals surface area contributed by atoms with Gasteiger partial charge in [-0.2, -0.15) is 0 Å². The molecule has 3 aliphatic rings. The average Bonchev–Trinajstić information content (AvgIpc) is 3.46. The number of hydrogen-bond donors (Lipinski definition) is 1. The topological polar surface area (TPSA) is 89.9 Å². The highest BCUT2D eigenvalue weighted by molar-refractivity contribution is 5.98. The maximum Gasteiger partial charge on any atom is 0.327 e. The maximum atomic E-state index is 12.9. The van der Waals surface area contributed by atoms with Crippen molar-refractivity contribution < 1.29 is 28.5 Å². The Balaban J connectivity index is 1.25. The minimum atomic E-state index is -0.478. The van der Waals surface area contributed by atoms with Gasteiger partial charge >= 0.3 is 6.79 Å². The first-order valence-corrected chi connectivity index (χ1v) is 9.60. The van der Waals surface area contributed by atoms with Crippen molar-refractivity contribution >= 4 is 17.5 Å². The van der Waals surface area contributed by atoms with E-state index in [1.807, 2.05) is 18.2 Å². The van der Waals surface area contributed by atoms with Crippen molar-refractivity contribution in [2.24, 2.45) is 0 Å². The van der Waals surface area contributed by atoms with Crippen molar-refractivity contribution in [2.45, 2.75) is 25.3 Å². The highest BCUT2D eigenvalue weighted by Crippen LogP contribution is 2.35. The van der Waals surface area contributed by atoms with Crippen molar-refractivity contribution in [2.75, 3.05) is 25.4 Å². The van der Waals surface area contributed by atoms with Gasteiger partial charge in [0.1, 0.15) is 6.04 Å². The molecule has 2 aromatic carbocycles. The smallest absolute Gasteiger partial charge is 0.327 e. The van der Waals surface area contributed by atoms with Crippen molar-refractivity contribution in [1.29, 1.82) is 0 Å². The lowest BCUT2D eigenvalue weighted by molar-refractivity contribution is -0.136. The molecule has 3 aliphatic heterocycles. The van der Waals surface area contributed by atoms with Gasteiger partial charge in [0.05, 0.1) is 6.42 Å². The number of likely N-dealkylation sites (tertiary alicyclic amines) is 1. The third-order valence-electron chi connectivity index (χ3n) is 5.35. The van der Waals surface area contributed by atoms with Crippen LogP contribution in [0.2, 0.25) is 0 Å². The van der Waals surface area contributed by atoms with Gasteiger partial charge in [0.15, 0.2) is 11.5 Å². The van der Waals surface area contributed by atoms with E-state index >= 15 is 0 Å². The first kappa shape index (κ1) is 17.7. The van der Waals surface area contributed by atoms with Crippen LogP contribution in [0.25, 0.3) is 0 Å². The maximum absolute atomic E-state index is 12.9. The Hall–Kier alpha value is -3.42. The van der Waals surface area contributed by atoms with Crippen LogP contribution in [0.5, 0.6) is 23.0 Å². The first-order chi connectivity index (χ1) is 14.2. The molecule has 29 heavy (non-hydrogen) atoms. The summed E-state index contributed by atoms with van der Waals surface area (Å²) in [6.07, 6.45) is 1.68. The Morgan fingerprint density at radius 1 is 1.07 bits per heavy atom. The summed E-state index contributed by atoms with van der Waals surface area (Å²) in [6, 6.07) is 10.4. The lowest BCUT2D eigenvalue weighted by Gasteiger charge is -2.24. The predicted molar refractivity (Wildman–Crippen MR) is 103 cm³/mol. The van der Waals surface area contributed by atoms with E-state index in [1.54, 1.807) is 23.1 Å². The van der Waals surface area contributed by atoms with Crippen LogP contribution >= 0.6 is 0 Å². The predicted octanol–water partition coefficient (Wildman–Crippen LogP) is 2.18. The third kappa shape index (κ3) is 3.41. The number of anilines is 1. The van der Waals surface area contributed by atoms with E-state index < -0.39 is 6.04 Å². The van der Waals surface area contributed by atoms with Gasteiger partial charge < -0.3 is 29.2 Å². The van der Waals surface area contributed by atoms with Gasteiger partial charge in [-0.25, -0.2) is 0 Å². The SMILES string of the molecule is O=C(Nc1ccc2c(c1)OCO2)C1CCCN1C(=O)Cc1ccc2c(c1)OC[OH+]2. The largest absolute Gasteiger partial charge is 0.551 e. The molecule has 2 amide bonds. The Kier molecular flexibility index (Phi) is 4.38. The van der Waals surface area contributed by atoms with Crippen molar-refractivity contribution in [3.05, 3.63) is 42.0 Å². The van der Waals surface area contributed by atoms with E-state index in [-0.39, 0.29) is 25.0 Å². The molecule has 150 valence electrons. The number of carbonyl (C=O) groups excluding carboxylic acids is 2. The zero-order chi connectivity index (χ0) is 19.8. The second kappa shape index (κ2) is 7.20. The van der Waals surface area contributed by atoms with Crippen LogP contribution in [0, 0.1) is 0 Å². The van der Waals surface area contributed by atoms with Crippen molar-refractivity contribution in [1.82, 2.24) is 4.90 Å². The zero-order valence-electron chi connectivity index (χ0n) is 15.7. The van der Waals surface area contributed by atoms with Crippen molar-refractivity contribution in [3.63, 3.8) is 0 Å². The van der Waals surface area contributed by atoms with Crippen LogP contribution < -0.4 is 19.5 Å². The molecule has 0 radical (unpaired) electrons. The average molecular weight is 397 g/mol. The van der Waals surface area contributed by atoms with E-state index in [1.165, 1.54) is 0 Å². The molecule has 2 aromatic rings. The van der Waals surface area contributed by atoms with Crippen LogP contribution in [0.1, 0.15) is 18.4 Å². The summed E-state index contributed by atoms with van der Waals surface area (Å²) >= 11 is 0. The van der Waals surface area contributed by atoms with Gasteiger partial charge in [0.2, 0.25) is 24.4 Å². The van der Waals surface area contributed by atoms with Gasteiger partial charge in [0, 0.05) is 24.4 Å². The molecule has 1 saturated heterocycles. The Morgan fingerprint density at radius 2 is 1.97 bits per heavy atom. The number of amides is 2. The summed E-state index contributed by atoms with van der Waals surface area (Å²) in [5.74, 6) is 2.52. The molecular formula is C21H21N2O6+. The van der Waals surface area contributed by atoms with E-state index in [0.29, 0.717) is 42.7 Å². The van der Waals surface area contributed by atoms with E-state index in [0.717, 1.165) is 17.7 Å². The quantitative estimate of drug-likeness (QED) is 0.799. The van der Waals surface area contributed by atoms with Crippen LogP contribution in [0.3, 0.4) is 0 Å². The van der Waals surface area contributed by atoms with Crippen molar-refractivity contribution in [3.8, 4) is 23.0 Å². The number of aliphatic hydroxyl groups is 1. The minimum Gasteiger partial charge on any atom is -0.551 e. The molecule has 0 spiro atoms. The van der Waals surface area contributed by atoms with Crippen LogP contribution in [0.4, 0.5) is 5.69 Å². The van der Waals surface area contributed by atoms with Gasteiger partial charge in [-0.05, 0) is 42.7 Å². The fourth-order valence-electron chi connectivity index (χ4n) is 3.90. The third-order valence-corrected chi connectivity index (χ3v) is 5.35. The number of nitrogens with zero attached hydrogens (tertiary/aromatic N) is 1. The molecular weight excluding hydrogens is 376 g/mol. The standard InChI is InChI=1S/C21H20N2O6/c24-20(9-13-3-5-16-18(8-13)28-11-26-16)23-7-1-2-15(23)21(25)22-14-4-6-17-19(10-14)29-12-27-17/h3-6,8,10,15H,1-2,7,9,11-12H2,(H,22,25)/p+1. The molecule has 2 N–H and O–H groups in total. The lowest BCUT2D eigenvalue weighted by Crippen LogP contribution is -2.43. The summed E-state index contributed by atoms with van der Waals surface area (Å²) < 4.78 is 20.3. The molecule has 0 saturated carbocycles. The molecule has 0 aromatic heterocycles. The van der Waals surface area contributed by atoms with Crippen LogP contribution in [-0.4, -0.2) is 47.6 Å². The number of fused-ring (bicyclic) bond motifs is 2. The number of rotatable bonds is 4. The van der Waals surface area contributed by atoms with Gasteiger partial charge in [-0.1, -0.05) is 0 Å². The molecule has 0 aliphatic carbocycles.